The Labute approximate surface area is 166 Å². The molecule has 4 aromatic rings. The van der Waals surface area contributed by atoms with Crippen LogP contribution < -0.4 is 4.90 Å². The van der Waals surface area contributed by atoms with Crippen molar-refractivity contribution in [2.24, 2.45) is 0 Å². The summed E-state index contributed by atoms with van der Waals surface area (Å²) in [5.41, 5.74) is 2.92. The Morgan fingerprint density at radius 2 is 1.82 bits per heavy atom. The predicted octanol–water partition coefficient (Wildman–Crippen LogP) is 4.22. The van der Waals surface area contributed by atoms with Gasteiger partial charge in [-0.3, -0.25) is 9.69 Å². The van der Waals surface area contributed by atoms with Crippen LogP contribution >= 0.6 is 11.3 Å². The van der Waals surface area contributed by atoms with Crippen molar-refractivity contribution in [3.05, 3.63) is 90.6 Å². The minimum atomic E-state index is -0.268. The maximum atomic E-state index is 13.1. The second-order valence-electron chi connectivity index (χ2n) is 5.97. The van der Waals surface area contributed by atoms with Gasteiger partial charge >= 0.3 is 0 Å². The van der Waals surface area contributed by atoms with Crippen molar-refractivity contribution in [1.82, 2.24) is 20.0 Å². The summed E-state index contributed by atoms with van der Waals surface area (Å²) in [5, 5.41) is 10.7. The molecule has 4 rings (SSSR count). The summed E-state index contributed by atoms with van der Waals surface area (Å²) >= 11 is 1.41. The van der Waals surface area contributed by atoms with Crippen molar-refractivity contribution < 1.29 is 4.79 Å². The van der Waals surface area contributed by atoms with Crippen LogP contribution in [0.4, 0.5) is 5.13 Å². The maximum Gasteiger partial charge on any atom is 0.282 e. The minimum absolute atomic E-state index is 0.252. The molecule has 2 aromatic carbocycles. The number of thiazole rings is 1. The Morgan fingerprint density at radius 1 is 1.11 bits per heavy atom. The SMILES string of the molecule is C=CCN(C(=O)c1cn(-c2ccccc2)nn1)c1nc(-c2ccccc2)cs1. The number of rotatable bonds is 6. The maximum absolute atomic E-state index is 13.1. The summed E-state index contributed by atoms with van der Waals surface area (Å²) in [5.74, 6) is -0.268. The molecule has 28 heavy (non-hydrogen) atoms. The lowest BCUT2D eigenvalue weighted by atomic mass is 10.2. The smallest absolute Gasteiger partial charge is 0.279 e. The van der Waals surface area contributed by atoms with E-state index in [2.05, 4.69) is 21.9 Å². The Bertz CT molecular complexity index is 1090. The second kappa shape index (κ2) is 7.98. The highest BCUT2D eigenvalue weighted by Crippen LogP contribution is 2.28. The molecule has 0 aliphatic heterocycles. The number of amides is 1. The summed E-state index contributed by atoms with van der Waals surface area (Å²) in [4.78, 5) is 19.2. The van der Waals surface area contributed by atoms with Crippen LogP contribution in [0.2, 0.25) is 0 Å². The van der Waals surface area contributed by atoms with Gasteiger partial charge in [0.1, 0.15) is 0 Å². The van der Waals surface area contributed by atoms with Gasteiger partial charge in [-0.25, -0.2) is 9.67 Å². The third-order valence-corrected chi connectivity index (χ3v) is 4.95. The average Bonchev–Trinajstić information content (AvgIpc) is 3.43. The van der Waals surface area contributed by atoms with Gasteiger partial charge in [0.25, 0.3) is 5.91 Å². The molecule has 0 N–H and O–H groups in total. The van der Waals surface area contributed by atoms with Gasteiger partial charge in [-0.15, -0.1) is 23.0 Å². The fraction of sp³-hybridized carbons (Fsp3) is 0.0476. The van der Waals surface area contributed by atoms with Crippen molar-refractivity contribution in [1.29, 1.82) is 0 Å². The monoisotopic (exact) mass is 387 g/mol. The lowest BCUT2D eigenvalue weighted by Crippen LogP contribution is -2.31. The van der Waals surface area contributed by atoms with Crippen LogP contribution in [0.3, 0.4) is 0 Å². The number of hydrogen-bond donors (Lipinski definition) is 0. The number of hydrogen-bond acceptors (Lipinski definition) is 5. The third kappa shape index (κ3) is 3.60. The normalized spacial score (nSPS) is 10.6. The first kappa shape index (κ1) is 17.8. The van der Waals surface area contributed by atoms with Gasteiger partial charge in [0, 0.05) is 17.5 Å². The van der Waals surface area contributed by atoms with E-state index in [1.807, 2.05) is 66.0 Å². The molecule has 0 aliphatic carbocycles. The third-order valence-electron chi connectivity index (χ3n) is 4.08. The van der Waals surface area contributed by atoms with Crippen molar-refractivity contribution >= 4 is 22.4 Å². The van der Waals surface area contributed by atoms with E-state index in [1.54, 1.807) is 21.9 Å². The molecular weight excluding hydrogens is 370 g/mol. The van der Waals surface area contributed by atoms with Gasteiger partial charge in [-0.1, -0.05) is 59.8 Å². The van der Waals surface area contributed by atoms with Gasteiger partial charge in [-0.05, 0) is 12.1 Å². The molecule has 2 aromatic heterocycles. The zero-order valence-electron chi connectivity index (χ0n) is 15.0. The lowest BCUT2D eigenvalue weighted by Gasteiger charge is -2.16. The predicted molar refractivity (Wildman–Crippen MR) is 111 cm³/mol. The Hall–Kier alpha value is -3.58. The molecule has 0 saturated heterocycles. The van der Waals surface area contributed by atoms with Crippen molar-refractivity contribution in [3.63, 3.8) is 0 Å². The molecule has 0 spiro atoms. The van der Waals surface area contributed by atoms with Crippen LogP contribution in [-0.2, 0) is 0 Å². The largest absolute Gasteiger partial charge is 0.282 e. The van der Waals surface area contributed by atoms with Crippen molar-refractivity contribution in [3.8, 4) is 16.9 Å². The van der Waals surface area contributed by atoms with Gasteiger partial charge < -0.3 is 0 Å². The van der Waals surface area contributed by atoms with Crippen LogP contribution in [0.15, 0.2) is 84.9 Å². The number of aromatic nitrogens is 4. The van der Waals surface area contributed by atoms with Gasteiger partial charge in [0.05, 0.1) is 17.6 Å². The highest BCUT2D eigenvalue weighted by atomic mass is 32.1. The summed E-state index contributed by atoms with van der Waals surface area (Å²) in [6.45, 7) is 4.09. The van der Waals surface area contributed by atoms with E-state index in [4.69, 9.17) is 0 Å². The molecule has 0 radical (unpaired) electrons. The first-order valence-corrected chi connectivity index (χ1v) is 9.55. The van der Waals surface area contributed by atoms with Crippen LogP contribution in [-0.4, -0.2) is 32.4 Å². The van der Waals surface area contributed by atoms with Crippen LogP contribution in [0.1, 0.15) is 10.5 Å². The van der Waals surface area contributed by atoms with Crippen LogP contribution in [0.5, 0.6) is 0 Å². The summed E-state index contributed by atoms with van der Waals surface area (Å²) in [6.07, 6.45) is 3.29. The molecule has 6 nitrogen and oxygen atoms in total. The Morgan fingerprint density at radius 3 is 2.54 bits per heavy atom. The topological polar surface area (TPSA) is 63.9 Å². The molecule has 2 heterocycles. The minimum Gasteiger partial charge on any atom is -0.279 e. The van der Waals surface area contributed by atoms with E-state index >= 15 is 0 Å². The van der Waals surface area contributed by atoms with Gasteiger partial charge in [0.15, 0.2) is 10.8 Å². The van der Waals surface area contributed by atoms with Crippen molar-refractivity contribution in [2.45, 2.75) is 0 Å². The number of carbonyl (C=O) groups excluding carboxylic acids is 1. The fourth-order valence-electron chi connectivity index (χ4n) is 2.71. The number of anilines is 1. The molecule has 1 amide bonds. The Balaban J connectivity index is 1.62. The zero-order chi connectivity index (χ0) is 19.3. The van der Waals surface area contributed by atoms with E-state index in [0.717, 1.165) is 16.9 Å². The molecule has 7 heteroatoms. The molecule has 138 valence electrons. The number of carbonyl (C=O) groups is 1. The van der Waals surface area contributed by atoms with E-state index in [9.17, 15) is 4.79 Å². The zero-order valence-corrected chi connectivity index (χ0v) is 15.8. The Kier molecular flexibility index (Phi) is 5.07. The van der Waals surface area contributed by atoms with E-state index in [-0.39, 0.29) is 11.6 Å². The molecular formula is C21H17N5OS. The van der Waals surface area contributed by atoms with E-state index in [1.165, 1.54) is 11.3 Å². The highest BCUT2D eigenvalue weighted by molar-refractivity contribution is 7.14. The quantitative estimate of drug-likeness (QED) is 0.465. The number of nitrogens with zero attached hydrogens (tertiary/aromatic N) is 5. The van der Waals surface area contributed by atoms with Crippen LogP contribution in [0, 0.1) is 0 Å². The molecule has 0 saturated carbocycles. The summed E-state index contributed by atoms with van der Waals surface area (Å²) < 4.78 is 1.58. The van der Waals surface area contributed by atoms with E-state index in [0.29, 0.717) is 11.7 Å². The number of para-hydroxylation sites is 1. The average molecular weight is 387 g/mol. The second-order valence-corrected chi connectivity index (χ2v) is 6.81. The first-order chi connectivity index (χ1) is 13.8. The highest BCUT2D eigenvalue weighted by Gasteiger charge is 2.23. The standard InChI is InChI=1S/C21H17N5OS/c1-2-13-25(21-22-19(15-28-21)16-9-5-3-6-10-16)20(27)18-14-26(24-23-18)17-11-7-4-8-12-17/h2-12,14-15H,1,13H2. The molecule has 0 unspecified atom stereocenters. The molecule has 0 aliphatic rings. The molecule has 0 bridgehead atoms. The van der Waals surface area contributed by atoms with Gasteiger partial charge in [0.2, 0.25) is 0 Å². The fourth-order valence-corrected chi connectivity index (χ4v) is 3.56. The number of benzene rings is 2. The van der Waals surface area contributed by atoms with E-state index < -0.39 is 0 Å². The van der Waals surface area contributed by atoms with Gasteiger partial charge in [-0.2, -0.15) is 0 Å². The summed E-state index contributed by atoms with van der Waals surface area (Å²) in [6, 6.07) is 19.4. The summed E-state index contributed by atoms with van der Waals surface area (Å²) in [7, 11) is 0. The van der Waals surface area contributed by atoms with Crippen molar-refractivity contribution in [2.75, 3.05) is 11.4 Å². The van der Waals surface area contributed by atoms with Crippen LogP contribution in [0.25, 0.3) is 16.9 Å². The first-order valence-electron chi connectivity index (χ1n) is 8.68. The lowest BCUT2D eigenvalue weighted by molar-refractivity contribution is 0.0985. The molecule has 0 fully saturated rings. The molecule has 0 atom stereocenters.